The van der Waals surface area contributed by atoms with Crippen molar-refractivity contribution in [3.63, 3.8) is 0 Å². The lowest BCUT2D eigenvalue weighted by Gasteiger charge is -2.28. The molecule has 6 rings (SSSR count). The number of nitrogens with one attached hydrogen (secondary N) is 3. The van der Waals surface area contributed by atoms with E-state index in [1.165, 1.54) is 0 Å². The number of rotatable bonds is 11. The molecule has 2 aromatic carbocycles. The number of hydrogen-bond acceptors (Lipinski definition) is 6. The van der Waals surface area contributed by atoms with Crippen LogP contribution in [-0.4, -0.2) is 73.1 Å². The van der Waals surface area contributed by atoms with Crippen LogP contribution in [0.3, 0.4) is 0 Å². The van der Waals surface area contributed by atoms with Gasteiger partial charge in [0.15, 0.2) is 5.84 Å². The molecule has 4 heterocycles. The zero-order valence-corrected chi connectivity index (χ0v) is 30.8. The van der Waals surface area contributed by atoms with Crippen molar-refractivity contribution in [3.05, 3.63) is 84.1 Å². The van der Waals surface area contributed by atoms with E-state index in [1.54, 1.807) is 0 Å². The number of nitrogens with zero attached hydrogens (tertiary/aromatic N) is 6. The van der Waals surface area contributed by atoms with Crippen LogP contribution in [-0.2, 0) is 9.59 Å². The van der Waals surface area contributed by atoms with Gasteiger partial charge in [-0.15, -0.1) is 0 Å². The molecule has 0 unspecified atom stereocenters. The summed E-state index contributed by atoms with van der Waals surface area (Å²) in [5, 5.41) is 0. The molecule has 2 amide bonds. The SMILES string of the molecule is [C-]#[N+]NC(CN)=N[C@H](C(=O)N1CCC[C@H]1c1ncc(-c2ccc(-c3ccc(-c4cnc([C@@H]5CCCN5C(=O)[C@@H](C)C(C)C)[nH]4)cc3)cc2)[nH]1)C(C)C. The lowest BCUT2D eigenvalue weighted by Crippen LogP contribution is -2.42. The van der Waals surface area contributed by atoms with Crippen LogP contribution < -0.4 is 11.2 Å². The Labute approximate surface area is 306 Å². The first-order valence-corrected chi connectivity index (χ1v) is 18.4. The Kier molecular flexibility index (Phi) is 11.2. The summed E-state index contributed by atoms with van der Waals surface area (Å²) in [4.78, 5) is 54.8. The summed E-state index contributed by atoms with van der Waals surface area (Å²) >= 11 is 0. The van der Waals surface area contributed by atoms with Gasteiger partial charge in [0.1, 0.15) is 17.7 Å². The molecule has 4 aromatic rings. The molecule has 2 fully saturated rings. The molecule has 0 aliphatic carbocycles. The van der Waals surface area contributed by atoms with Crippen LogP contribution in [0.25, 0.3) is 38.6 Å². The maximum Gasteiger partial charge on any atom is 0.248 e. The van der Waals surface area contributed by atoms with E-state index in [1.807, 2.05) is 43.0 Å². The van der Waals surface area contributed by atoms with E-state index in [2.05, 4.69) is 87.7 Å². The molecule has 2 saturated heterocycles. The Hall–Kier alpha value is -5.28. The zero-order chi connectivity index (χ0) is 36.9. The van der Waals surface area contributed by atoms with Crippen molar-refractivity contribution < 1.29 is 9.59 Å². The van der Waals surface area contributed by atoms with Crippen LogP contribution in [0.5, 0.6) is 0 Å². The topological polar surface area (TPSA) is 153 Å². The number of amidine groups is 1. The molecule has 12 nitrogen and oxygen atoms in total. The minimum atomic E-state index is -0.639. The summed E-state index contributed by atoms with van der Waals surface area (Å²) in [6, 6.07) is 16.0. The van der Waals surface area contributed by atoms with Gasteiger partial charge in [0, 0.05) is 19.0 Å². The van der Waals surface area contributed by atoms with Crippen molar-refractivity contribution in [2.45, 2.75) is 78.4 Å². The second kappa shape index (κ2) is 15.9. The van der Waals surface area contributed by atoms with Crippen LogP contribution in [0, 0.1) is 24.3 Å². The van der Waals surface area contributed by atoms with Gasteiger partial charge in [-0.3, -0.25) is 14.6 Å². The monoisotopic (exact) mass is 702 g/mol. The number of amides is 2. The summed E-state index contributed by atoms with van der Waals surface area (Å²) in [6.07, 6.45) is 7.29. The van der Waals surface area contributed by atoms with Crippen LogP contribution in [0.2, 0.25) is 0 Å². The fraction of sp³-hybridized carbons (Fsp3) is 0.450. The fourth-order valence-corrected chi connectivity index (χ4v) is 7.19. The van der Waals surface area contributed by atoms with Gasteiger partial charge in [-0.1, -0.05) is 88.6 Å². The Morgan fingerprint density at radius 2 is 1.27 bits per heavy atom. The average molecular weight is 703 g/mol. The smallest absolute Gasteiger partial charge is 0.248 e. The molecule has 0 saturated carbocycles. The number of carbonyl (C=O) groups is 2. The van der Waals surface area contributed by atoms with E-state index < -0.39 is 6.04 Å². The molecule has 12 heteroatoms. The Morgan fingerprint density at radius 1 is 0.808 bits per heavy atom. The average Bonchev–Trinajstić information content (AvgIpc) is 3.99. The maximum absolute atomic E-state index is 13.7. The zero-order valence-electron chi connectivity index (χ0n) is 30.8. The van der Waals surface area contributed by atoms with Gasteiger partial charge in [0.05, 0.1) is 42.4 Å². The van der Waals surface area contributed by atoms with Crippen LogP contribution in [0.4, 0.5) is 0 Å². The standard InChI is InChI=1S/C40H50N10O2/c1-24(2)26(5)39(51)49-19-7-9-33(49)37-43-22-31(45-37)29-15-11-27(12-16-29)28-13-17-30(18-14-28)32-23-44-38(46-32)34-10-8-20-50(34)40(52)36(25(3)4)47-35(21-41)48-42-6/h11-18,22-26,33-34,36H,7-10,19-21,41H2,1-5H3,(H,43,45)(H,44,46)(H,47,48)/t26-,33-,34-,36-/m0/s1. The minimum Gasteiger partial charge on any atom is -0.340 e. The summed E-state index contributed by atoms with van der Waals surface area (Å²) in [7, 11) is 0. The van der Waals surface area contributed by atoms with E-state index in [0.29, 0.717) is 18.3 Å². The van der Waals surface area contributed by atoms with Crippen molar-refractivity contribution in [2.24, 2.45) is 28.5 Å². The quantitative estimate of drug-likeness (QED) is 0.0602. The van der Waals surface area contributed by atoms with Crippen molar-refractivity contribution in [1.82, 2.24) is 35.2 Å². The van der Waals surface area contributed by atoms with E-state index in [4.69, 9.17) is 22.3 Å². The predicted molar refractivity (Wildman–Crippen MR) is 203 cm³/mol. The molecule has 2 aliphatic rings. The van der Waals surface area contributed by atoms with Crippen LogP contribution in [0.1, 0.15) is 84.0 Å². The molecule has 0 bridgehead atoms. The first kappa shape index (κ1) is 36.5. The number of likely N-dealkylation sites (tertiary alicyclic amines) is 2. The normalized spacial score (nSPS) is 18.9. The second-order valence-corrected chi connectivity index (χ2v) is 14.6. The molecule has 0 spiro atoms. The van der Waals surface area contributed by atoms with E-state index in [9.17, 15) is 9.59 Å². The number of aromatic nitrogens is 4. The molecule has 0 radical (unpaired) electrons. The van der Waals surface area contributed by atoms with Crippen molar-refractivity contribution in [1.29, 1.82) is 0 Å². The molecule has 52 heavy (non-hydrogen) atoms. The largest absolute Gasteiger partial charge is 0.340 e. The van der Waals surface area contributed by atoms with Gasteiger partial charge in [0.25, 0.3) is 0 Å². The molecule has 272 valence electrons. The predicted octanol–water partition coefficient (Wildman–Crippen LogP) is 6.56. The molecule has 2 aromatic heterocycles. The number of carbonyl (C=O) groups excluding carboxylic acids is 2. The highest BCUT2D eigenvalue weighted by Gasteiger charge is 2.37. The second-order valence-electron chi connectivity index (χ2n) is 14.6. The molecule has 2 aliphatic heterocycles. The van der Waals surface area contributed by atoms with Gasteiger partial charge >= 0.3 is 0 Å². The molecule has 4 atom stereocenters. The number of aliphatic imine (C=N–C) groups is 1. The van der Waals surface area contributed by atoms with Gasteiger partial charge in [-0.25, -0.2) is 9.97 Å². The summed E-state index contributed by atoms with van der Waals surface area (Å²) in [5.74, 6) is 2.27. The number of aromatic amines is 2. The van der Waals surface area contributed by atoms with Gasteiger partial charge < -0.3 is 25.5 Å². The van der Waals surface area contributed by atoms with Crippen molar-refractivity contribution in [2.75, 3.05) is 19.6 Å². The third kappa shape index (κ3) is 7.65. The lowest BCUT2D eigenvalue weighted by atomic mass is 9.96. The van der Waals surface area contributed by atoms with Crippen molar-refractivity contribution >= 4 is 17.6 Å². The third-order valence-electron chi connectivity index (χ3n) is 10.6. The molecular weight excluding hydrogens is 653 g/mol. The first-order valence-electron chi connectivity index (χ1n) is 18.4. The highest BCUT2D eigenvalue weighted by Crippen LogP contribution is 2.35. The Balaban J connectivity index is 1.12. The number of benzene rings is 2. The number of H-pyrrole nitrogens is 2. The Bertz CT molecular complexity index is 1920. The number of hydrogen-bond donors (Lipinski definition) is 4. The van der Waals surface area contributed by atoms with E-state index in [0.717, 1.165) is 77.5 Å². The summed E-state index contributed by atoms with van der Waals surface area (Å²) < 4.78 is 0. The van der Waals surface area contributed by atoms with Gasteiger partial charge in [-0.05, 0) is 59.8 Å². The van der Waals surface area contributed by atoms with E-state index >= 15 is 0 Å². The summed E-state index contributed by atoms with van der Waals surface area (Å²) in [5.41, 5.74) is 14.3. The third-order valence-corrected chi connectivity index (χ3v) is 10.6. The fourth-order valence-electron chi connectivity index (χ4n) is 7.19. The van der Waals surface area contributed by atoms with Gasteiger partial charge in [-0.2, -0.15) is 11.5 Å². The van der Waals surface area contributed by atoms with Crippen LogP contribution in [0.15, 0.2) is 65.9 Å². The minimum absolute atomic E-state index is 0.00728. The number of imidazole rings is 2. The van der Waals surface area contributed by atoms with Gasteiger partial charge in [0.2, 0.25) is 11.8 Å². The maximum atomic E-state index is 13.7. The molecular formula is C40H50N10O2. The lowest BCUT2D eigenvalue weighted by molar-refractivity contribution is -0.137. The molecule has 5 N–H and O–H groups in total. The van der Waals surface area contributed by atoms with E-state index in [-0.39, 0.29) is 42.3 Å². The summed E-state index contributed by atoms with van der Waals surface area (Å²) in [6.45, 7) is 18.7. The van der Waals surface area contributed by atoms with Crippen LogP contribution >= 0.6 is 0 Å². The first-order chi connectivity index (χ1) is 25.1. The Morgan fingerprint density at radius 3 is 1.69 bits per heavy atom. The van der Waals surface area contributed by atoms with Crippen molar-refractivity contribution in [3.8, 4) is 33.6 Å². The number of nitrogens with two attached hydrogens (primary N) is 1. The highest BCUT2D eigenvalue weighted by atomic mass is 16.2. The highest BCUT2D eigenvalue weighted by molar-refractivity contribution is 5.90.